The van der Waals surface area contributed by atoms with Crippen LogP contribution >= 0.6 is 39.1 Å². The fraction of sp³-hybridized carbons (Fsp3) is 0.300. The average Bonchev–Trinajstić information content (AvgIpc) is 2.70. The van der Waals surface area contributed by atoms with Crippen molar-refractivity contribution in [1.29, 1.82) is 0 Å². The van der Waals surface area contributed by atoms with E-state index in [9.17, 15) is 18.0 Å². The Bertz CT molecular complexity index is 1080. The maximum Gasteiger partial charge on any atom is 0.244 e. The third kappa shape index (κ3) is 6.83. The van der Waals surface area contributed by atoms with Crippen LogP contribution in [0.4, 0.5) is 5.69 Å². The molecule has 0 aliphatic rings. The summed E-state index contributed by atoms with van der Waals surface area (Å²) in [5.74, 6) is -0.951. The number of anilines is 1. The molecule has 0 bridgehead atoms. The van der Waals surface area contributed by atoms with E-state index in [2.05, 4.69) is 21.2 Å². The summed E-state index contributed by atoms with van der Waals surface area (Å²) in [5, 5.41) is 2.91. The molecule has 2 aromatic rings. The lowest BCUT2D eigenvalue weighted by Gasteiger charge is -2.31. The first-order valence-corrected chi connectivity index (χ1v) is 12.5. The molecule has 2 aromatic carbocycles. The number of hydrogen-bond donors (Lipinski definition) is 1. The average molecular weight is 551 g/mol. The van der Waals surface area contributed by atoms with Gasteiger partial charge in [0.25, 0.3) is 0 Å². The molecule has 0 saturated carbocycles. The smallest absolute Gasteiger partial charge is 0.244 e. The number of amides is 2. The van der Waals surface area contributed by atoms with Crippen LogP contribution in [0.15, 0.2) is 46.9 Å². The largest absolute Gasteiger partial charge is 0.357 e. The minimum Gasteiger partial charge on any atom is -0.357 e. The molecule has 31 heavy (non-hydrogen) atoms. The van der Waals surface area contributed by atoms with Gasteiger partial charge < -0.3 is 10.2 Å². The Labute approximate surface area is 200 Å². The third-order valence-electron chi connectivity index (χ3n) is 4.51. The molecule has 2 rings (SSSR count). The minimum atomic E-state index is -3.88. The molecule has 168 valence electrons. The van der Waals surface area contributed by atoms with E-state index in [4.69, 9.17) is 23.2 Å². The lowest BCUT2D eigenvalue weighted by molar-refractivity contribution is -0.139. The molecular weight excluding hydrogens is 529 g/mol. The second-order valence-corrected chi connectivity index (χ2v) is 10.5. The minimum absolute atomic E-state index is 0.0834. The number of sulfonamides is 1. The van der Waals surface area contributed by atoms with Crippen molar-refractivity contribution < 1.29 is 18.0 Å². The zero-order valence-electron chi connectivity index (χ0n) is 17.1. The lowest BCUT2D eigenvalue weighted by Crippen LogP contribution is -2.50. The fourth-order valence-electron chi connectivity index (χ4n) is 2.90. The number of nitrogens with zero attached hydrogens (tertiary/aromatic N) is 2. The first-order chi connectivity index (χ1) is 14.4. The Morgan fingerprint density at radius 3 is 2.42 bits per heavy atom. The quantitative estimate of drug-likeness (QED) is 0.543. The zero-order valence-corrected chi connectivity index (χ0v) is 21.0. The molecule has 0 saturated heterocycles. The Morgan fingerprint density at radius 1 is 1.16 bits per heavy atom. The number of hydrogen-bond acceptors (Lipinski definition) is 4. The van der Waals surface area contributed by atoms with Gasteiger partial charge in [-0.05, 0) is 42.8 Å². The van der Waals surface area contributed by atoms with Gasteiger partial charge in [-0.3, -0.25) is 13.9 Å². The highest BCUT2D eigenvalue weighted by atomic mass is 79.9. The summed E-state index contributed by atoms with van der Waals surface area (Å²) in [6.45, 7) is 1.13. The lowest BCUT2D eigenvalue weighted by atomic mass is 10.1. The predicted molar refractivity (Wildman–Crippen MR) is 127 cm³/mol. The standard InChI is InChI=1S/C20H22BrCl2N3O4S/c1-13(20(28)24-2)25(11-14-5-4-6-15(21)9-14)19(27)12-26(31(3,29)30)18-10-16(22)7-8-17(18)23/h4-10,13H,11-12H2,1-3H3,(H,24,28)/t13-/m0/s1. The third-order valence-corrected chi connectivity index (χ3v) is 6.69. The van der Waals surface area contributed by atoms with E-state index < -0.39 is 28.5 Å². The van der Waals surface area contributed by atoms with Crippen LogP contribution < -0.4 is 9.62 Å². The summed E-state index contributed by atoms with van der Waals surface area (Å²) >= 11 is 15.6. The van der Waals surface area contributed by atoms with Gasteiger partial charge in [-0.1, -0.05) is 51.3 Å². The second-order valence-electron chi connectivity index (χ2n) is 6.81. The van der Waals surface area contributed by atoms with E-state index in [0.717, 1.165) is 20.6 Å². The van der Waals surface area contributed by atoms with Gasteiger partial charge in [0.1, 0.15) is 12.6 Å². The molecule has 1 atom stereocenters. The number of nitrogens with one attached hydrogen (secondary N) is 1. The van der Waals surface area contributed by atoms with Gasteiger partial charge in [0, 0.05) is 23.1 Å². The number of carbonyl (C=O) groups excluding carboxylic acids is 2. The highest BCUT2D eigenvalue weighted by Crippen LogP contribution is 2.31. The van der Waals surface area contributed by atoms with E-state index in [-0.39, 0.29) is 28.2 Å². The first kappa shape index (κ1) is 25.5. The van der Waals surface area contributed by atoms with Crippen LogP contribution in [0, 0.1) is 0 Å². The highest BCUT2D eigenvalue weighted by molar-refractivity contribution is 9.10. The number of rotatable bonds is 8. The first-order valence-electron chi connectivity index (χ1n) is 9.12. The number of halogens is 3. The van der Waals surface area contributed by atoms with Crippen molar-refractivity contribution in [3.8, 4) is 0 Å². The van der Waals surface area contributed by atoms with Gasteiger partial charge in [0.05, 0.1) is 17.0 Å². The maximum absolute atomic E-state index is 13.3. The van der Waals surface area contributed by atoms with Crippen molar-refractivity contribution in [2.75, 3.05) is 24.2 Å². The van der Waals surface area contributed by atoms with Gasteiger partial charge >= 0.3 is 0 Å². The zero-order chi connectivity index (χ0) is 23.3. The molecule has 0 aliphatic heterocycles. The van der Waals surface area contributed by atoms with Gasteiger partial charge in [-0.15, -0.1) is 0 Å². The maximum atomic E-state index is 13.3. The van der Waals surface area contributed by atoms with Crippen molar-refractivity contribution in [3.63, 3.8) is 0 Å². The van der Waals surface area contributed by atoms with Crippen molar-refractivity contribution in [2.24, 2.45) is 0 Å². The van der Waals surface area contributed by atoms with E-state index >= 15 is 0 Å². The van der Waals surface area contributed by atoms with E-state index in [1.54, 1.807) is 13.0 Å². The number of carbonyl (C=O) groups is 2. The summed E-state index contributed by atoms with van der Waals surface area (Å²) in [7, 11) is -2.41. The van der Waals surface area contributed by atoms with Crippen LogP contribution in [0.5, 0.6) is 0 Å². The van der Waals surface area contributed by atoms with Crippen molar-refractivity contribution in [2.45, 2.75) is 19.5 Å². The molecule has 0 aliphatic carbocycles. The van der Waals surface area contributed by atoms with Crippen molar-refractivity contribution in [3.05, 3.63) is 62.5 Å². The van der Waals surface area contributed by atoms with E-state index in [1.165, 1.54) is 30.1 Å². The molecular formula is C20H22BrCl2N3O4S. The van der Waals surface area contributed by atoms with Crippen molar-refractivity contribution in [1.82, 2.24) is 10.2 Å². The van der Waals surface area contributed by atoms with Crippen LogP contribution in [0.2, 0.25) is 10.0 Å². The molecule has 0 unspecified atom stereocenters. The van der Waals surface area contributed by atoms with Gasteiger partial charge in [-0.25, -0.2) is 8.42 Å². The Kier molecular flexibility index (Phi) is 8.76. The van der Waals surface area contributed by atoms with Crippen LogP contribution in [-0.2, 0) is 26.2 Å². The number of likely N-dealkylation sites (N-methyl/N-ethyl adjacent to an activating group) is 1. The molecule has 2 amide bonds. The second kappa shape index (κ2) is 10.7. The van der Waals surface area contributed by atoms with E-state index in [0.29, 0.717) is 0 Å². The Morgan fingerprint density at radius 2 is 1.84 bits per heavy atom. The summed E-state index contributed by atoms with van der Waals surface area (Å²) in [4.78, 5) is 26.9. The Hall–Kier alpha value is -1.81. The molecule has 0 aromatic heterocycles. The summed E-state index contributed by atoms with van der Waals surface area (Å²) in [6.07, 6.45) is 0.971. The molecule has 1 N–H and O–H groups in total. The molecule has 0 fully saturated rings. The van der Waals surface area contributed by atoms with Crippen LogP contribution in [0.25, 0.3) is 0 Å². The van der Waals surface area contributed by atoms with Gasteiger partial charge in [0.15, 0.2) is 0 Å². The summed E-state index contributed by atoms with van der Waals surface area (Å²) in [6, 6.07) is 10.8. The van der Waals surface area contributed by atoms with Gasteiger partial charge in [-0.2, -0.15) is 0 Å². The van der Waals surface area contributed by atoms with Crippen LogP contribution in [0.3, 0.4) is 0 Å². The van der Waals surface area contributed by atoms with Crippen molar-refractivity contribution >= 4 is 66.7 Å². The monoisotopic (exact) mass is 549 g/mol. The van der Waals surface area contributed by atoms with Gasteiger partial charge in [0.2, 0.25) is 21.8 Å². The molecule has 0 radical (unpaired) electrons. The number of benzene rings is 2. The molecule has 11 heteroatoms. The van der Waals surface area contributed by atoms with E-state index in [1.807, 2.05) is 18.2 Å². The summed E-state index contributed by atoms with van der Waals surface area (Å²) < 4.78 is 26.7. The predicted octanol–water partition coefficient (Wildman–Crippen LogP) is 3.69. The van der Waals surface area contributed by atoms with Crippen LogP contribution in [-0.4, -0.2) is 51.0 Å². The Balaban J connectivity index is 2.43. The topological polar surface area (TPSA) is 86.8 Å². The molecule has 7 nitrogen and oxygen atoms in total. The fourth-order valence-corrected chi connectivity index (χ4v) is 4.63. The normalized spacial score (nSPS) is 12.2. The SMILES string of the molecule is CNC(=O)[C@H](C)N(Cc1cccc(Br)c1)C(=O)CN(c1cc(Cl)ccc1Cl)S(C)(=O)=O. The molecule has 0 spiro atoms. The molecule has 0 heterocycles. The van der Waals surface area contributed by atoms with Crippen LogP contribution in [0.1, 0.15) is 12.5 Å². The highest BCUT2D eigenvalue weighted by Gasteiger charge is 2.30. The summed E-state index contributed by atoms with van der Waals surface area (Å²) in [5.41, 5.74) is 0.852.